The predicted octanol–water partition coefficient (Wildman–Crippen LogP) is 3.04. The minimum Gasteiger partial charge on any atom is -0.492 e. The molecule has 3 rings (SSSR count). The second kappa shape index (κ2) is 10.0. The summed E-state index contributed by atoms with van der Waals surface area (Å²) in [6, 6.07) is 12.7. The highest BCUT2D eigenvalue weighted by atomic mass is 16.5. The Balaban J connectivity index is 1.39. The summed E-state index contributed by atoms with van der Waals surface area (Å²) in [6.45, 7) is 1.61. The number of hydrazine groups is 1. The molecule has 144 valence electrons. The van der Waals surface area contributed by atoms with Gasteiger partial charge in [-0.25, -0.2) is 5.43 Å². The number of aryl methyl sites for hydroxylation is 2. The third kappa shape index (κ3) is 6.34. The SMILES string of the molecule is O=C(O)CCCc1cccc(CCCOc2ccc(C3CCNN3)nc2)c1. The van der Waals surface area contributed by atoms with E-state index in [1.165, 1.54) is 11.1 Å². The summed E-state index contributed by atoms with van der Waals surface area (Å²) in [7, 11) is 0. The first-order valence-electron chi connectivity index (χ1n) is 9.57. The van der Waals surface area contributed by atoms with Gasteiger partial charge in [-0.15, -0.1) is 0 Å². The summed E-state index contributed by atoms with van der Waals surface area (Å²) in [6.07, 6.45) is 6.40. The number of ether oxygens (including phenoxy) is 1. The van der Waals surface area contributed by atoms with Gasteiger partial charge in [0, 0.05) is 13.0 Å². The Morgan fingerprint density at radius 3 is 2.67 bits per heavy atom. The monoisotopic (exact) mass is 369 g/mol. The van der Waals surface area contributed by atoms with E-state index in [4.69, 9.17) is 9.84 Å². The van der Waals surface area contributed by atoms with Gasteiger partial charge in [-0.2, -0.15) is 0 Å². The van der Waals surface area contributed by atoms with Crippen molar-refractivity contribution in [2.45, 2.75) is 44.6 Å². The summed E-state index contributed by atoms with van der Waals surface area (Å²) in [4.78, 5) is 15.1. The molecule has 2 heterocycles. The largest absolute Gasteiger partial charge is 0.492 e. The van der Waals surface area contributed by atoms with Gasteiger partial charge >= 0.3 is 5.97 Å². The Bertz CT molecular complexity index is 728. The number of aliphatic carboxylic acids is 1. The highest BCUT2D eigenvalue weighted by Crippen LogP contribution is 2.19. The maximum absolute atomic E-state index is 10.6. The molecule has 0 amide bonds. The van der Waals surface area contributed by atoms with Crippen LogP contribution in [0.15, 0.2) is 42.6 Å². The average molecular weight is 369 g/mol. The Morgan fingerprint density at radius 2 is 2.00 bits per heavy atom. The highest BCUT2D eigenvalue weighted by Gasteiger charge is 2.16. The lowest BCUT2D eigenvalue weighted by molar-refractivity contribution is -0.137. The molecule has 1 fully saturated rings. The quantitative estimate of drug-likeness (QED) is 0.558. The third-order valence-corrected chi connectivity index (χ3v) is 4.68. The Morgan fingerprint density at radius 1 is 1.19 bits per heavy atom. The average Bonchev–Trinajstić information content (AvgIpc) is 3.21. The van der Waals surface area contributed by atoms with E-state index in [-0.39, 0.29) is 12.5 Å². The number of pyridine rings is 1. The van der Waals surface area contributed by atoms with Crippen molar-refractivity contribution in [2.24, 2.45) is 0 Å². The van der Waals surface area contributed by atoms with Crippen LogP contribution in [0.25, 0.3) is 0 Å². The van der Waals surface area contributed by atoms with Gasteiger partial charge in [-0.05, 0) is 55.4 Å². The first-order valence-corrected chi connectivity index (χ1v) is 9.57. The van der Waals surface area contributed by atoms with Crippen molar-refractivity contribution < 1.29 is 14.6 Å². The lowest BCUT2D eigenvalue weighted by Crippen LogP contribution is -2.25. The van der Waals surface area contributed by atoms with Crippen molar-refractivity contribution in [1.29, 1.82) is 0 Å². The van der Waals surface area contributed by atoms with E-state index in [2.05, 4.69) is 34.0 Å². The number of benzene rings is 1. The fourth-order valence-corrected chi connectivity index (χ4v) is 3.24. The molecule has 2 aromatic rings. The van der Waals surface area contributed by atoms with E-state index in [0.29, 0.717) is 13.0 Å². The number of nitrogens with zero attached hydrogens (tertiary/aromatic N) is 1. The molecule has 27 heavy (non-hydrogen) atoms. The standard InChI is InChI=1S/C21H27N3O3/c25-21(26)8-2-6-16-4-1-5-17(14-16)7-3-13-27-18-9-10-19(22-15-18)20-11-12-23-24-20/h1,4-5,9-10,14-15,20,23-24H,2-3,6-8,11-13H2,(H,25,26). The van der Waals surface area contributed by atoms with Crippen LogP contribution in [-0.2, 0) is 17.6 Å². The lowest BCUT2D eigenvalue weighted by atomic mass is 10.0. The van der Waals surface area contributed by atoms with Crippen LogP contribution in [0.4, 0.5) is 0 Å². The van der Waals surface area contributed by atoms with Crippen molar-refractivity contribution >= 4 is 5.97 Å². The molecule has 1 aromatic carbocycles. The molecule has 0 saturated carbocycles. The van der Waals surface area contributed by atoms with Crippen molar-refractivity contribution in [3.05, 3.63) is 59.4 Å². The molecule has 3 N–H and O–H groups in total. The van der Waals surface area contributed by atoms with Gasteiger partial charge in [0.1, 0.15) is 5.75 Å². The summed E-state index contributed by atoms with van der Waals surface area (Å²) < 4.78 is 5.80. The van der Waals surface area contributed by atoms with Crippen LogP contribution in [-0.4, -0.2) is 29.2 Å². The highest BCUT2D eigenvalue weighted by molar-refractivity contribution is 5.66. The Labute approximate surface area is 159 Å². The van der Waals surface area contributed by atoms with Gasteiger partial charge < -0.3 is 9.84 Å². The maximum Gasteiger partial charge on any atom is 0.303 e. The molecular formula is C21H27N3O3. The lowest BCUT2D eigenvalue weighted by Gasteiger charge is -2.10. The van der Waals surface area contributed by atoms with Gasteiger partial charge in [0.15, 0.2) is 0 Å². The summed E-state index contributed by atoms with van der Waals surface area (Å²) in [5, 5.41) is 8.73. The van der Waals surface area contributed by atoms with Gasteiger partial charge in [0.2, 0.25) is 0 Å². The van der Waals surface area contributed by atoms with Gasteiger partial charge in [0.05, 0.1) is 24.5 Å². The van der Waals surface area contributed by atoms with E-state index in [1.807, 2.05) is 18.2 Å². The minimum atomic E-state index is -0.734. The van der Waals surface area contributed by atoms with Crippen LogP contribution in [0.5, 0.6) is 5.75 Å². The number of rotatable bonds is 10. The van der Waals surface area contributed by atoms with E-state index in [0.717, 1.165) is 43.7 Å². The van der Waals surface area contributed by atoms with Crippen molar-refractivity contribution in [3.8, 4) is 5.75 Å². The zero-order chi connectivity index (χ0) is 18.9. The fraction of sp³-hybridized carbons (Fsp3) is 0.429. The number of carboxylic acids is 1. The first kappa shape index (κ1) is 19.3. The fourth-order valence-electron chi connectivity index (χ4n) is 3.24. The molecule has 1 aliphatic heterocycles. The molecule has 0 radical (unpaired) electrons. The summed E-state index contributed by atoms with van der Waals surface area (Å²) in [5.74, 6) is 0.0640. The Kier molecular flexibility index (Phi) is 7.19. The predicted molar refractivity (Wildman–Crippen MR) is 104 cm³/mol. The molecule has 1 aromatic heterocycles. The number of hydrogen-bond donors (Lipinski definition) is 3. The summed E-state index contributed by atoms with van der Waals surface area (Å²) >= 11 is 0. The number of carboxylic acid groups (broad SMARTS) is 1. The van der Waals surface area contributed by atoms with Crippen molar-refractivity contribution in [2.75, 3.05) is 13.2 Å². The van der Waals surface area contributed by atoms with Crippen LogP contribution >= 0.6 is 0 Å². The zero-order valence-electron chi connectivity index (χ0n) is 15.5. The number of carbonyl (C=O) groups is 1. The summed E-state index contributed by atoms with van der Waals surface area (Å²) in [5.41, 5.74) is 9.82. The van der Waals surface area contributed by atoms with Crippen LogP contribution in [0.3, 0.4) is 0 Å². The smallest absolute Gasteiger partial charge is 0.303 e. The Hall–Kier alpha value is -2.44. The van der Waals surface area contributed by atoms with Gasteiger partial charge in [0.25, 0.3) is 0 Å². The molecular weight excluding hydrogens is 342 g/mol. The molecule has 0 aliphatic carbocycles. The van der Waals surface area contributed by atoms with Crippen LogP contribution < -0.4 is 15.6 Å². The van der Waals surface area contributed by atoms with E-state index < -0.39 is 5.97 Å². The molecule has 0 bridgehead atoms. The van der Waals surface area contributed by atoms with E-state index in [1.54, 1.807) is 6.20 Å². The minimum absolute atomic E-state index is 0.220. The second-order valence-electron chi connectivity index (χ2n) is 6.85. The van der Waals surface area contributed by atoms with Crippen molar-refractivity contribution in [3.63, 3.8) is 0 Å². The number of hydrogen-bond acceptors (Lipinski definition) is 5. The second-order valence-corrected chi connectivity index (χ2v) is 6.85. The van der Waals surface area contributed by atoms with E-state index >= 15 is 0 Å². The zero-order valence-corrected chi connectivity index (χ0v) is 15.5. The van der Waals surface area contributed by atoms with Gasteiger partial charge in [-0.1, -0.05) is 24.3 Å². The normalized spacial score (nSPS) is 16.4. The van der Waals surface area contributed by atoms with E-state index in [9.17, 15) is 4.79 Å². The number of aromatic nitrogens is 1. The molecule has 0 spiro atoms. The topological polar surface area (TPSA) is 83.5 Å². The van der Waals surface area contributed by atoms with Crippen LogP contribution in [0.1, 0.15) is 48.5 Å². The molecule has 6 heteroatoms. The molecule has 1 unspecified atom stereocenters. The van der Waals surface area contributed by atoms with Crippen LogP contribution in [0.2, 0.25) is 0 Å². The van der Waals surface area contributed by atoms with Crippen molar-refractivity contribution in [1.82, 2.24) is 15.8 Å². The molecule has 1 atom stereocenters. The first-order chi connectivity index (χ1) is 13.2. The molecule has 6 nitrogen and oxygen atoms in total. The molecule has 1 aliphatic rings. The van der Waals surface area contributed by atoms with Crippen LogP contribution in [0, 0.1) is 0 Å². The maximum atomic E-state index is 10.6. The van der Waals surface area contributed by atoms with Gasteiger partial charge in [-0.3, -0.25) is 15.2 Å². The number of nitrogens with one attached hydrogen (secondary N) is 2. The molecule has 1 saturated heterocycles. The third-order valence-electron chi connectivity index (χ3n) is 4.68.